The molecule has 81 heavy (non-hydrogen) atoms. The lowest BCUT2D eigenvalue weighted by atomic mass is 10.00. The average Bonchev–Trinajstić information content (AvgIpc) is 4.11. The number of imidazole rings is 2. The van der Waals surface area contributed by atoms with Gasteiger partial charge in [-0.3, -0.25) is 4.90 Å². The van der Waals surface area contributed by atoms with Crippen molar-refractivity contribution in [3.05, 3.63) is 131 Å². The van der Waals surface area contributed by atoms with Gasteiger partial charge in [0, 0.05) is 56.3 Å². The van der Waals surface area contributed by atoms with Crippen LogP contribution >= 0.6 is 0 Å². The third-order valence-corrected chi connectivity index (χ3v) is 14.2. The number of aromatic nitrogens is 6. The van der Waals surface area contributed by atoms with Gasteiger partial charge in [0.1, 0.15) is 71.7 Å². The number of aryl methyl sites for hydroxylation is 2. The summed E-state index contributed by atoms with van der Waals surface area (Å²) in [4.78, 5) is 31.8. The van der Waals surface area contributed by atoms with Crippen molar-refractivity contribution in [1.82, 2.24) is 34.0 Å². The Morgan fingerprint density at radius 2 is 1.09 bits per heavy atom. The number of unbranched alkanes of at least 4 members (excludes halogenated alkanes) is 2. The second-order valence-corrected chi connectivity index (χ2v) is 20.1. The predicted molar refractivity (Wildman–Crippen MR) is 310 cm³/mol. The smallest absolute Gasteiger partial charge is 0.184 e. The van der Waals surface area contributed by atoms with Crippen molar-refractivity contribution in [2.45, 2.75) is 141 Å². The predicted octanol–water partition coefficient (Wildman–Crippen LogP) is 2.43. The van der Waals surface area contributed by atoms with E-state index in [4.69, 9.17) is 57.8 Å². The van der Waals surface area contributed by atoms with Gasteiger partial charge in [-0.1, -0.05) is 119 Å². The van der Waals surface area contributed by atoms with Crippen LogP contribution < -0.4 is 17.2 Å². The number of nitrogens with zero attached hydrogens (tertiary/aromatic N) is 7. The Hall–Kier alpha value is -6.61. The average molecular weight is 1120 g/mol. The van der Waals surface area contributed by atoms with Crippen molar-refractivity contribution in [1.29, 1.82) is 0 Å². The third-order valence-electron chi connectivity index (χ3n) is 14.2. The van der Waals surface area contributed by atoms with Gasteiger partial charge in [0.15, 0.2) is 17.9 Å². The van der Waals surface area contributed by atoms with Crippen molar-refractivity contribution in [2.75, 3.05) is 37.8 Å². The maximum absolute atomic E-state index is 11.3. The van der Waals surface area contributed by atoms with Crippen LogP contribution in [0, 0.1) is 0 Å². The lowest BCUT2D eigenvalue weighted by molar-refractivity contribution is -0.286. The molecular weight excluding hydrogens is 1040 g/mol. The first-order chi connectivity index (χ1) is 38.5. The number of hydrogen-bond donors (Lipinski definition) is 13. The second-order valence-electron chi connectivity index (χ2n) is 20.1. The molecule has 0 saturated carbocycles. The van der Waals surface area contributed by atoms with Crippen LogP contribution in [0.5, 0.6) is 0 Å². The molecule has 4 aromatic carbocycles. The standard InChI is InChI=1S/C30H39N5O6.C22H25N5.C6H12O6.CH4/c1-2-3-8-25-33-26-27(21-6-4-5-7-22(21)32-30(26)31)35(25)16-20-11-9-19(10-12-20)15-34(13-14-36)17-23(38)28(40)29(41)24(39)18-37;1-2-3-8-19-26-20-21(17-6-4-5-7-18(17)25-22(20)24)27(19)14-16-11-9-15(13-23)10-12-16;7-1-2-3(8)4(9)5(10)6(11)12-2;/h4-7,9-12,14,23-24,28-29,37-41H,2-3,8,13,15-18H2,1H3,(H2,31,32);4-7,9-12H,2-3,8,13-14,23H2,1H3,(H2,24,25);2-11H,1H2;1H4/t23?,24?,28-,29+;;;/m0.../s1. The molecule has 0 radical (unpaired) electrons. The summed E-state index contributed by atoms with van der Waals surface area (Å²) in [6, 6.07) is 32.4. The van der Waals surface area contributed by atoms with Crippen LogP contribution in [0.25, 0.3) is 43.9 Å². The fourth-order valence-electron chi connectivity index (χ4n) is 9.68. The number of aliphatic hydroxyl groups is 10. The van der Waals surface area contributed by atoms with Crippen molar-refractivity contribution >= 4 is 61.8 Å². The molecular formula is C59H80N10O12. The van der Waals surface area contributed by atoms with Crippen LogP contribution in [-0.2, 0) is 48.6 Å². The number of carbonyl (C=O) groups is 1. The molecule has 0 amide bonds. The first-order valence-electron chi connectivity index (χ1n) is 27.0. The lowest BCUT2D eigenvalue weighted by Crippen LogP contribution is -2.58. The maximum Gasteiger partial charge on any atom is 0.184 e. The third kappa shape index (κ3) is 15.3. The molecule has 1 aliphatic rings. The van der Waals surface area contributed by atoms with E-state index in [2.05, 4.69) is 68.0 Å². The molecule has 438 valence electrons. The van der Waals surface area contributed by atoms with Gasteiger partial charge in [0.2, 0.25) is 0 Å². The number of aliphatic hydroxyl groups excluding tert-OH is 10. The highest BCUT2D eigenvalue weighted by atomic mass is 16.6. The van der Waals surface area contributed by atoms with Crippen LogP contribution in [0.15, 0.2) is 97.1 Å². The molecule has 1 aliphatic heterocycles. The van der Waals surface area contributed by atoms with E-state index in [1.807, 2.05) is 66.7 Å². The number of pyridine rings is 2. The molecule has 22 nitrogen and oxygen atoms in total. The number of nitrogen functional groups attached to an aromatic ring is 2. The van der Waals surface area contributed by atoms with Gasteiger partial charge >= 0.3 is 0 Å². The Bertz CT molecular complexity index is 3250. The number of anilines is 2. The molecule has 1 saturated heterocycles. The van der Waals surface area contributed by atoms with Gasteiger partial charge in [-0.25, -0.2) is 19.9 Å². The minimum Gasteiger partial charge on any atom is -0.394 e. The highest BCUT2D eigenvalue weighted by Gasteiger charge is 2.42. The van der Waals surface area contributed by atoms with Gasteiger partial charge in [-0.05, 0) is 47.2 Å². The second kappa shape index (κ2) is 29.9. The summed E-state index contributed by atoms with van der Waals surface area (Å²) in [5.41, 5.74) is 27.9. The first kappa shape index (κ1) is 63.6. The molecule has 1 fully saturated rings. The van der Waals surface area contributed by atoms with Gasteiger partial charge in [0.25, 0.3) is 0 Å². The Balaban J connectivity index is 0.000000225. The van der Waals surface area contributed by atoms with Crippen LogP contribution in [0.4, 0.5) is 11.6 Å². The van der Waals surface area contributed by atoms with Crippen molar-refractivity contribution in [3.63, 3.8) is 0 Å². The molecule has 16 N–H and O–H groups in total. The summed E-state index contributed by atoms with van der Waals surface area (Å²) in [5, 5.41) is 95.7. The molecule has 0 aliphatic carbocycles. The number of carbonyl (C=O) groups excluding carboxylic acids is 1. The minimum absolute atomic E-state index is 0. The molecule has 22 heteroatoms. The number of nitrogens with two attached hydrogens (primary N) is 3. The highest BCUT2D eigenvalue weighted by Crippen LogP contribution is 2.32. The summed E-state index contributed by atoms with van der Waals surface area (Å²) < 4.78 is 9.10. The first-order valence-corrected chi connectivity index (χ1v) is 27.0. The number of benzene rings is 4. The van der Waals surface area contributed by atoms with E-state index in [1.165, 1.54) is 5.56 Å². The Labute approximate surface area is 470 Å². The molecule has 9 rings (SSSR count). The quantitative estimate of drug-likeness (QED) is 0.0433. The SMILES string of the molecule is C.CCCCc1nc2c(N)nc3ccccc3c2n1Cc1ccc(CN(CC=O)CC(O)[C@H](O)[C@H](O)C(O)CO)cc1.CCCCc1nc2c(N)nc3ccccc3c2n1Cc1ccc(CN)cc1.OCC1OC(O)C(O)C(O)C1O. The number of ether oxygens (including phenoxy) is 1. The van der Waals surface area contributed by atoms with E-state index in [0.29, 0.717) is 43.1 Å². The largest absolute Gasteiger partial charge is 0.394 e. The van der Waals surface area contributed by atoms with E-state index in [1.54, 1.807) is 4.90 Å². The zero-order valence-electron chi connectivity index (χ0n) is 45.1. The number of hydrogen-bond acceptors (Lipinski definition) is 20. The molecule has 8 aromatic rings. The molecule has 4 aromatic heterocycles. The topological polar surface area (TPSA) is 371 Å². The van der Waals surface area contributed by atoms with E-state index in [-0.39, 0.29) is 20.5 Å². The minimum atomic E-state index is -1.72. The van der Waals surface area contributed by atoms with Crippen LogP contribution in [0.2, 0.25) is 0 Å². The van der Waals surface area contributed by atoms with Crippen molar-refractivity contribution in [2.24, 2.45) is 5.73 Å². The Kier molecular flexibility index (Phi) is 23.5. The maximum atomic E-state index is 11.3. The fraction of sp³-hybridized carbons (Fsp3) is 0.441. The summed E-state index contributed by atoms with van der Waals surface area (Å²) in [5.74, 6) is 2.93. The fourth-order valence-corrected chi connectivity index (χ4v) is 9.68. The number of aldehydes is 1. The summed E-state index contributed by atoms with van der Waals surface area (Å²) >= 11 is 0. The number of fused-ring (bicyclic) bond motifs is 6. The molecule has 5 heterocycles. The number of para-hydroxylation sites is 2. The van der Waals surface area contributed by atoms with Gasteiger partial charge in [-0.15, -0.1) is 0 Å². The lowest BCUT2D eigenvalue weighted by Gasteiger charge is -2.37. The molecule has 9 atom stereocenters. The van der Waals surface area contributed by atoms with Gasteiger partial charge in [-0.2, -0.15) is 0 Å². The highest BCUT2D eigenvalue weighted by molar-refractivity contribution is 6.07. The zero-order chi connectivity index (χ0) is 57.6. The van der Waals surface area contributed by atoms with Crippen LogP contribution in [0.3, 0.4) is 0 Å². The zero-order valence-corrected chi connectivity index (χ0v) is 45.1. The Morgan fingerprint density at radius 1 is 0.630 bits per heavy atom. The molecule has 0 bridgehead atoms. The molecule has 7 unspecified atom stereocenters. The van der Waals surface area contributed by atoms with E-state index in [9.17, 15) is 25.2 Å². The van der Waals surface area contributed by atoms with Crippen molar-refractivity contribution in [3.8, 4) is 0 Å². The number of rotatable bonds is 22. The van der Waals surface area contributed by atoms with E-state index < -0.39 is 68.3 Å². The molecule has 0 spiro atoms. The van der Waals surface area contributed by atoms with E-state index >= 15 is 0 Å². The van der Waals surface area contributed by atoms with Gasteiger partial charge < -0.3 is 86.9 Å². The van der Waals surface area contributed by atoms with Crippen LogP contribution in [0.1, 0.15) is 80.9 Å². The summed E-state index contributed by atoms with van der Waals surface area (Å²) in [6.45, 7) is 5.13. The monoisotopic (exact) mass is 1120 g/mol. The Morgan fingerprint density at radius 3 is 1.53 bits per heavy atom. The van der Waals surface area contributed by atoms with Crippen molar-refractivity contribution < 1.29 is 60.6 Å². The summed E-state index contributed by atoms with van der Waals surface area (Å²) in [7, 11) is 0. The summed E-state index contributed by atoms with van der Waals surface area (Å²) in [6.07, 6.45) is -6.80. The van der Waals surface area contributed by atoms with E-state index in [0.717, 1.165) is 112 Å². The van der Waals surface area contributed by atoms with Crippen LogP contribution in [-0.4, -0.2) is 173 Å². The normalized spacial score (nSPS) is 18.7. The van der Waals surface area contributed by atoms with Gasteiger partial charge in [0.05, 0.1) is 47.9 Å².